The fourth-order valence-electron chi connectivity index (χ4n) is 1.30. The van der Waals surface area contributed by atoms with E-state index in [1.807, 2.05) is 26.0 Å². The molecule has 0 rings (SSSR count). The number of allylic oxidation sites excluding steroid dienone is 2. The second-order valence-electron chi connectivity index (χ2n) is 3.31. The number of hydrogen-bond acceptors (Lipinski definition) is 4. The summed E-state index contributed by atoms with van der Waals surface area (Å²) in [5.41, 5.74) is 0. The van der Waals surface area contributed by atoms with Crippen LogP contribution in [0.25, 0.3) is 0 Å². The maximum absolute atomic E-state index is 11.4. The first-order chi connectivity index (χ1) is 7.08. The van der Waals surface area contributed by atoms with Gasteiger partial charge in [0.2, 0.25) is 0 Å². The molecule has 0 saturated carbocycles. The van der Waals surface area contributed by atoms with Gasteiger partial charge in [0.15, 0.2) is 5.92 Å². The molecule has 0 aromatic heterocycles. The molecule has 0 aromatic rings. The number of esters is 2. The molecule has 0 aliphatic rings. The average molecular weight is 214 g/mol. The van der Waals surface area contributed by atoms with Crippen LogP contribution in [-0.2, 0) is 19.1 Å². The Morgan fingerprint density at radius 2 is 1.67 bits per heavy atom. The Hall–Kier alpha value is -1.32. The summed E-state index contributed by atoms with van der Waals surface area (Å²) in [7, 11) is 2.53. The van der Waals surface area contributed by atoms with Crippen molar-refractivity contribution >= 4 is 11.9 Å². The van der Waals surface area contributed by atoms with Gasteiger partial charge in [-0.1, -0.05) is 19.1 Å². The topological polar surface area (TPSA) is 52.6 Å². The number of ether oxygens (including phenoxy) is 2. The van der Waals surface area contributed by atoms with Crippen molar-refractivity contribution in [2.24, 2.45) is 11.8 Å². The van der Waals surface area contributed by atoms with Crippen LogP contribution in [-0.4, -0.2) is 26.2 Å². The monoisotopic (exact) mass is 214 g/mol. The van der Waals surface area contributed by atoms with Crippen molar-refractivity contribution in [1.82, 2.24) is 0 Å². The Morgan fingerprint density at radius 3 is 2.00 bits per heavy atom. The summed E-state index contributed by atoms with van der Waals surface area (Å²) in [5.74, 6) is -2.05. The summed E-state index contributed by atoms with van der Waals surface area (Å²) in [6, 6.07) is 0. The van der Waals surface area contributed by atoms with E-state index in [-0.39, 0.29) is 5.92 Å². The van der Waals surface area contributed by atoms with Crippen LogP contribution < -0.4 is 0 Å². The number of carbonyl (C=O) groups excluding carboxylic acids is 2. The summed E-state index contributed by atoms with van der Waals surface area (Å²) in [6.07, 6.45) is 4.43. The fourth-order valence-corrected chi connectivity index (χ4v) is 1.30. The number of hydrogen-bond donors (Lipinski definition) is 0. The molecule has 86 valence electrons. The van der Waals surface area contributed by atoms with Crippen LogP contribution in [0.15, 0.2) is 12.2 Å². The van der Waals surface area contributed by atoms with Crippen molar-refractivity contribution in [3.8, 4) is 0 Å². The first-order valence-electron chi connectivity index (χ1n) is 4.85. The largest absolute Gasteiger partial charge is 0.468 e. The van der Waals surface area contributed by atoms with Crippen molar-refractivity contribution in [1.29, 1.82) is 0 Å². The molecule has 0 N–H and O–H groups in total. The molecule has 4 heteroatoms. The van der Waals surface area contributed by atoms with E-state index in [2.05, 4.69) is 9.47 Å². The fraction of sp³-hybridized carbons (Fsp3) is 0.636. The van der Waals surface area contributed by atoms with E-state index in [0.717, 1.165) is 0 Å². The minimum Gasteiger partial charge on any atom is -0.468 e. The van der Waals surface area contributed by atoms with E-state index in [0.29, 0.717) is 6.42 Å². The van der Waals surface area contributed by atoms with Gasteiger partial charge >= 0.3 is 11.9 Å². The highest BCUT2D eigenvalue weighted by Gasteiger charge is 2.33. The third-order valence-corrected chi connectivity index (χ3v) is 2.22. The van der Waals surface area contributed by atoms with E-state index in [1.165, 1.54) is 14.2 Å². The molecule has 0 heterocycles. The maximum Gasteiger partial charge on any atom is 0.320 e. The highest BCUT2D eigenvalue weighted by molar-refractivity contribution is 5.95. The number of carbonyl (C=O) groups is 2. The lowest BCUT2D eigenvalue weighted by Gasteiger charge is -2.17. The molecular weight excluding hydrogens is 196 g/mol. The molecule has 0 unspecified atom stereocenters. The molecule has 0 radical (unpaired) electrons. The average Bonchev–Trinajstić information content (AvgIpc) is 2.25. The molecule has 0 fully saturated rings. The van der Waals surface area contributed by atoms with E-state index >= 15 is 0 Å². The zero-order valence-electron chi connectivity index (χ0n) is 9.65. The second-order valence-corrected chi connectivity index (χ2v) is 3.31. The van der Waals surface area contributed by atoms with Gasteiger partial charge in [-0.05, 0) is 19.3 Å². The van der Waals surface area contributed by atoms with Gasteiger partial charge in [-0.15, -0.1) is 0 Å². The van der Waals surface area contributed by atoms with Gasteiger partial charge in [-0.25, -0.2) is 0 Å². The van der Waals surface area contributed by atoms with Crippen molar-refractivity contribution < 1.29 is 19.1 Å². The normalized spacial score (nSPS) is 12.9. The lowest BCUT2D eigenvalue weighted by atomic mass is 9.91. The minimum atomic E-state index is -0.837. The molecule has 0 saturated heterocycles. The van der Waals surface area contributed by atoms with Crippen LogP contribution in [0, 0.1) is 11.8 Å². The van der Waals surface area contributed by atoms with Crippen molar-refractivity contribution in [3.05, 3.63) is 12.2 Å². The first-order valence-corrected chi connectivity index (χ1v) is 4.85. The highest BCUT2D eigenvalue weighted by atomic mass is 16.5. The van der Waals surface area contributed by atoms with Crippen LogP contribution in [0.1, 0.15) is 20.3 Å². The minimum absolute atomic E-state index is 0.124. The van der Waals surface area contributed by atoms with Gasteiger partial charge in [-0.3, -0.25) is 9.59 Å². The summed E-state index contributed by atoms with van der Waals surface area (Å²) in [5, 5.41) is 0. The summed E-state index contributed by atoms with van der Waals surface area (Å²) in [6.45, 7) is 3.70. The van der Waals surface area contributed by atoms with Gasteiger partial charge in [0.05, 0.1) is 14.2 Å². The highest BCUT2D eigenvalue weighted by Crippen LogP contribution is 2.19. The second kappa shape index (κ2) is 7.04. The Kier molecular flexibility index (Phi) is 6.42. The van der Waals surface area contributed by atoms with Crippen LogP contribution in [0.4, 0.5) is 0 Å². The van der Waals surface area contributed by atoms with E-state index in [9.17, 15) is 9.59 Å². The summed E-state index contributed by atoms with van der Waals surface area (Å²) in [4.78, 5) is 22.7. The van der Waals surface area contributed by atoms with E-state index in [4.69, 9.17) is 0 Å². The van der Waals surface area contributed by atoms with Crippen LogP contribution in [0.5, 0.6) is 0 Å². The van der Waals surface area contributed by atoms with Crippen LogP contribution in [0.2, 0.25) is 0 Å². The standard InChI is InChI=1S/C11H18O4/c1-5-6-7-8(2)9(10(12)14-3)11(13)15-4/h5-6,8-9H,7H2,1-4H3/b6-5+/t8-/m0/s1. The Balaban J connectivity index is 4.61. The Bertz CT molecular complexity index is 229. The third kappa shape index (κ3) is 4.14. The van der Waals surface area contributed by atoms with Crippen LogP contribution >= 0.6 is 0 Å². The van der Waals surface area contributed by atoms with E-state index in [1.54, 1.807) is 0 Å². The van der Waals surface area contributed by atoms with Gasteiger partial charge in [0, 0.05) is 0 Å². The zero-order valence-corrected chi connectivity index (χ0v) is 9.65. The van der Waals surface area contributed by atoms with Crippen molar-refractivity contribution in [2.45, 2.75) is 20.3 Å². The lowest BCUT2D eigenvalue weighted by molar-refractivity contribution is -0.161. The molecular formula is C11H18O4. The van der Waals surface area contributed by atoms with Crippen molar-refractivity contribution in [2.75, 3.05) is 14.2 Å². The van der Waals surface area contributed by atoms with Crippen LogP contribution in [0.3, 0.4) is 0 Å². The molecule has 1 atom stereocenters. The van der Waals surface area contributed by atoms with Gasteiger partial charge in [-0.2, -0.15) is 0 Å². The number of rotatable bonds is 5. The van der Waals surface area contributed by atoms with Crippen molar-refractivity contribution in [3.63, 3.8) is 0 Å². The summed E-state index contributed by atoms with van der Waals surface area (Å²) >= 11 is 0. The molecule has 0 aliphatic heterocycles. The molecule has 0 spiro atoms. The number of methoxy groups -OCH3 is 2. The smallest absolute Gasteiger partial charge is 0.320 e. The molecule has 0 bridgehead atoms. The molecule has 0 amide bonds. The quantitative estimate of drug-likeness (QED) is 0.396. The Morgan fingerprint density at radius 1 is 1.20 bits per heavy atom. The predicted molar refractivity (Wildman–Crippen MR) is 56.1 cm³/mol. The van der Waals surface area contributed by atoms with E-state index < -0.39 is 17.9 Å². The molecule has 0 aliphatic carbocycles. The zero-order chi connectivity index (χ0) is 11.8. The first kappa shape index (κ1) is 13.7. The SMILES string of the molecule is C/C=C/C[C@H](C)C(C(=O)OC)C(=O)OC. The molecule has 4 nitrogen and oxygen atoms in total. The molecule has 0 aromatic carbocycles. The summed E-state index contributed by atoms with van der Waals surface area (Å²) < 4.78 is 9.15. The predicted octanol–water partition coefficient (Wildman–Crippen LogP) is 1.55. The lowest BCUT2D eigenvalue weighted by Crippen LogP contribution is -2.32. The third-order valence-electron chi connectivity index (χ3n) is 2.22. The maximum atomic E-state index is 11.4. The van der Waals surface area contributed by atoms with Gasteiger partial charge in [0.1, 0.15) is 0 Å². The van der Waals surface area contributed by atoms with Gasteiger partial charge in [0.25, 0.3) is 0 Å². The van der Waals surface area contributed by atoms with Gasteiger partial charge < -0.3 is 9.47 Å². The Labute approximate surface area is 90.2 Å². The molecule has 15 heavy (non-hydrogen) atoms.